The Hall–Kier alpha value is -2.58. The smallest absolute Gasteiger partial charge is 0.341 e. The zero-order chi connectivity index (χ0) is 19.5. The van der Waals surface area contributed by atoms with Crippen LogP contribution >= 0.6 is 0 Å². The molecular weight excluding hydrogens is 362 g/mol. The average molecular weight is 387 g/mol. The first kappa shape index (κ1) is 18.8. The minimum Gasteiger partial charge on any atom is -0.486 e. The van der Waals surface area contributed by atoms with E-state index in [1.165, 1.54) is 0 Å². The molecule has 8 nitrogen and oxygen atoms in total. The average Bonchev–Trinajstić information content (AvgIpc) is 3.35. The van der Waals surface area contributed by atoms with Gasteiger partial charge in [0.15, 0.2) is 11.5 Å². The van der Waals surface area contributed by atoms with Crippen LogP contribution in [0.15, 0.2) is 24.4 Å². The number of likely N-dealkylation sites (tertiary alicyclic amines) is 1. The molecule has 0 amide bonds. The molecule has 0 radical (unpaired) electrons. The summed E-state index contributed by atoms with van der Waals surface area (Å²) in [6, 6.07) is 5.71. The first-order valence-electron chi connectivity index (χ1n) is 9.70. The van der Waals surface area contributed by atoms with Crippen molar-refractivity contribution in [3.05, 3.63) is 35.7 Å². The maximum Gasteiger partial charge on any atom is 0.341 e. The van der Waals surface area contributed by atoms with E-state index in [0.717, 1.165) is 30.8 Å². The summed E-state index contributed by atoms with van der Waals surface area (Å²) in [5.41, 5.74) is 1.98. The molecule has 4 rings (SSSR count). The molecule has 1 atom stereocenters. The molecule has 0 aliphatic carbocycles. The number of hydrogen-bond donors (Lipinski definition) is 1. The van der Waals surface area contributed by atoms with E-state index in [4.69, 9.17) is 14.2 Å². The molecule has 8 heteroatoms. The molecule has 3 heterocycles. The van der Waals surface area contributed by atoms with Crippen LogP contribution in [0.3, 0.4) is 0 Å². The lowest BCUT2D eigenvalue weighted by Gasteiger charge is -2.24. The van der Waals surface area contributed by atoms with Crippen LogP contribution in [0, 0.1) is 0 Å². The quantitative estimate of drug-likeness (QED) is 0.756. The Morgan fingerprint density at radius 3 is 2.93 bits per heavy atom. The van der Waals surface area contributed by atoms with Gasteiger partial charge >= 0.3 is 5.97 Å². The van der Waals surface area contributed by atoms with Crippen LogP contribution in [0.1, 0.15) is 35.8 Å². The number of nitrogens with zero attached hydrogens (tertiary/aromatic N) is 3. The molecule has 2 aliphatic rings. The van der Waals surface area contributed by atoms with Gasteiger partial charge in [0.25, 0.3) is 0 Å². The predicted octanol–water partition coefficient (Wildman–Crippen LogP) is 1.78. The van der Waals surface area contributed by atoms with Crippen molar-refractivity contribution in [1.82, 2.24) is 14.7 Å². The number of aliphatic hydroxyl groups excluding tert-OH is 1. The fourth-order valence-electron chi connectivity index (χ4n) is 3.79. The zero-order valence-electron chi connectivity index (χ0n) is 16.0. The number of ether oxygens (including phenoxy) is 3. The lowest BCUT2D eigenvalue weighted by atomic mass is 10.2. The van der Waals surface area contributed by atoms with Crippen molar-refractivity contribution in [2.24, 2.45) is 0 Å². The molecule has 1 fully saturated rings. The number of benzene rings is 1. The van der Waals surface area contributed by atoms with Crippen LogP contribution in [0.5, 0.6) is 11.5 Å². The van der Waals surface area contributed by atoms with Gasteiger partial charge in [0.05, 0.1) is 30.8 Å². The van der Waals surface area contributed by atoms with Crippen LogP contribution in [0.25, 0.3) is 5.69 Å². The van der Waals surface area contributed by atoms with Crippen LogP contribution in [0.4, 0.5) is 0 Å². The largest absolute Gasteiger partial charge is 0.486 e. The lowest BCUT2D eigenvalue weighted by molar-refractivity contribution is 0.0523. The summed E-state index contributed by atoms with van der Waals surface area (Å²) in [7, 11) is 0. The van der Waals surface area contributed by atoms with Gasteiger partial charge in [-0.25, -0.2) is 9.48 Å². The third-order valence-corrected chi connectivity index (χ3v) is 5.20. The Labute approximate surface area is 163 Å². The highest BCUT2D eigenvalue weighted by molar-refractivity contribution is 5.90. The van der Waals surface area contributed by atoms with E-state index in [2.05, 4.69) is 10.00 Å². The third kappa shape index (κ3) is 3.57. The fraction of sp³-hybridized carbons (Fsp3) is 0.500. The highest BCUT2D eigenvalue weighted by atomic mass is 16.6. The van der Waals surface area contributed by atoms with E-state index >= 15 is 0 Å². The predicted molar refractivity (Wildman–Crippen MR) is 101 cm³/mol. The fourth-order valence-corrected chi connectivity index (χ4v) is 3.79. The van der Waals surface area contributed by atoms with Crippen molar-refractivity contribution in [2.45, 2.75) is 32.4 Å². The van der Waals surface area contributed by atoms with Crippen molar-refractivity contribution in [3.8, 4) is 17.2 Å². The van der Waals surface area contributed by atoms with Crippen molar-refractivity contribution in [3.63, 3.8) is 0 Å². The van der Waals surface area contributed by atoms with Crippen LogP contribution in [0.2, 0.25) is 0 Å². The molecule has 1 aromatic heterocycles. The first-order valence-corrected chi connectivity index (χ1v) is 9.70. The zero-order valence-corrected chi connectivity index (χ0v) is 16.0. The molecule has 1 aromatic carbocycles. The Morgan fingerprint density at radius 1 is 1.32 bits per heavy atom. The molecule has 0 spiro atoms. The standard InChI is InChI=1S/C20H25N3O5/c1-2-26-20(25)16-11-21-23(17(16)12-22-7-3-4-15(22)13-24)14-5-6-18-19(10-14)28-9-8-27-18/h5-6,10-11,15,24H,2-4,7-9,12-13H2,1H3/t15-/m0/s1. The van der Waals surface area contributed by atoms with Crippen molar-refractivity contribution < 1.29 is 24.1 Å². The maximum absolute atomic E-state index is 12.5. The van der Waals surface area contributed by atoms with E-state index in [9.17, 15) is 9.90 Å². The second-order valence-electron chi connectivity index (χ2n) is 6.91. The Morgan fingerprint density at radius 2 is 2.14 bits per heavy atom. The van der Waals surface area contributed by atoms with E-state index in [0.29, 0.717) is 43.4 Å². The van der Waals surface area contributed by atoms with Gasteiger partial charge in [-0.3, -0.25) is 4.90 Å². The number of carbonyl (C=O) groups is 1. The van der Waals surface area contributed by atoms with Crippen LogP contribution in [-0.2, 0) is 11.3 Å². The van der Waals surface area contributed by atoms with E-state index in [-0.39, 0.29) is 18.6 Å². The Kier molecular flexibility index (Phi) is 5.50. The highest BCUT2D eigenvalue weighted by Crippen LogP contribution is 2.33. The number of carbonyl (C=O) groups excluding carboxylic acids is 1. The Balaban J connectivity index is 1.71. The normalized spacial score (nSPS) is 19.0. The maximum atomic E-state index is 12.5. The number of aliphatic hydroxyl groups is 1. The van der Waals surface area contributed by atoms with Gasteiger partial charge in [0.1, 0.15) is 18.8 Å². The summed E-state index contributed by atoms with van der Waals surface area (Å²) in [5.74, 6) is 0.979. The lowest BCUT2D eigenvalue weighted by Crippen LogP contribution is -2.33. The van der Waals surface area contributed by atoms with Crippen LogP contribution < -0.4 is 9.47 Å². The molecule has 0 bridgehead atoms. The summed E-state index contributed by atoms with van der Waals surface area (Å²) in [5, 5.41) is 14.1. The summed E-state index contributed by atoms with van der Waals surface area (Å²) in [4.78, 5) is 14.7. The van der Waals surface area contributed by atoms with Gasteiger partial charge in [-0.15, -0.1) is 0 Å². The van der Waals surface area contributed by atoms with E-state index in [1.54, 1.807) is 17.8 Å². The molecule has 28 heavy (non-hydrogen) atoms. The van der Waals surface area contributed by atoms with Gasteiger partial charge in [-0.05, 0) is 38.4 Å². The van der Waals surface area contributed by atoms with Gasteiger partial charge < -0.3 is 19.3 Å². The summed E-state index contributed by atoms with van der Waals surface area (Å²) >= 11 is 0. The third-order valence-electron chi connectivity index (χ3n) is 5.20. The molecule has 2 aromatic rings. The molecule has 0 unspecified atom stereocenters. The number of esters is 1. The summed E-state index contributed by atoms with van der Waals surface area (Å²) in [6.07, 6.45) is 3.52. The van der Waals surface area contributed by atoms with Gasteiger partial charge in [0, 0.05) is 18.7 Å². The topological polar surface area (TPSA) is 86.0 Å². The van der Waals surface area contributed by atoms with Crippen molar-refractivity contribution >= 4 is 5.97 Å². The highest BCUT2D eigenvalue weighted by Gasteiger charge is 2.28. The molecular formula is C20H25N3O5. The van der Waals surface area contributed by atoms with Gasteiger partial charge in [0.2, 0.25) is 0 Å². The van der Waals surface area contributed by atoms with E-state index < -0.39 is 0 Å². The minimum atomic E-state index is -0.388. The van der Waals surface area contributed by atoms with E-state index in [1.807, 2.05) is 18.2 Å². The minimum absolute atomic E-state index is 0.0960. The summed E-state index contributed by atoms with van der Waals surface area (Å²) in [6.45, 7) is 4.61. The Bertz CT molecular complexity index is 850. The molecule has 150 valence electrons. The molecule has 0 saturated carbocycles. The van der Waals surface area contributed by atoms with Crippen molar-refractivity contribution in [1.29, 1.82) is 0 Å². The first-order chi connectivity index (χ1) is 13.7. The molecule has 1 saturated heterocycles. The molecule has 2 aliphatic heterocycles. The SMILES string of the molecule is CCOC(=O)c1cnn(-c2ccc3c(c2)OCCO3)c1CN1CCC[C@H]1CO. The summed E-state index contributed by atoms with van der Waals surface area (Å²) < 4.78 is 18.2. The van der Waals surface area contributed by atoms with Gasteiger partial charge in [-0.1, -0.05) is 0 Å². The monoisotopic (exact) mass is 387 g/mol. The number of fused-ring (bicyclic) bond motifs is 1. The van der Waals surface area contributed by atoms with Crippen LogP contribution in [-0.4, -0.2) is 64.8 Å². The second-order valence-corrected chi connectivity index (χ2v) is 6.91. The number of rotatable bonds is 6. The van der Waals surface area contributed by atoms with Gasteiger partial charge in [-0.2, -0.15) is 5.10 Å². The van der Waals surface area contributed by atoms with Crippen molar-refractivity contribution in [2.75, 3.05) is 33.0 Å². The number of hydrogen-bond acceptors (Lipinski definition) is 7. The number of aromatic nitrogens is 2. The second kappa shape index (κ2) is 8.20. The molecule has 1 N–H and O–H groups in total.